The number of hydrogen-bond donors (Lipinski definition) is 2. The first-order valence-electron chi connectivity index (χ1n) is 5.45. The standard InChI is InChI=1S/C12H16Cl2N2O/c1-15-5-4-10(7-16-8-17)9-2-3-11(13)12(14)6-9/h2-3,6,8,10,15H,4-5,7H2,1H3,(H,16,17). The van der Waals surface area contributed by atoms with Gasteiger partial charge in [-0.25, -0.2) is 0 Å². The van der Waals surface area contributed by atoms with Gasteiger partial charge in [0.1, 0.15) is 0 Å². The average Bonchev–Trinajstić information content (AvgIpc) is 2.33. The van der Waals surface area contributed by atoms with Gasteiger partial charge in [0.15, 0.2) is 0 Å². The van der Waals surface area contributed by atoms with E-state index in [9.17, 15) is 4.79 Å². The monoisotopic (exact) mass is 274 g/mol. The number of amides is 1. The van der Waals surface area contributed by atoms with Crippen molar-refractivity contribution in [1.29, 1.82) is 0 Å². The average molecular weight is 275 g/mol. The minimum absolute atomic E-state index is 0.238. The summed E-state index contributed by atoms with van der Waals surface area (Å²) in [4.78, 5) is 10.4. The van der Waals surface area contributed by atoms with Gasteiger partial charge in [0.2, 0.25) is 6.41 Å². The fraction of sp³-hybridized carbons (Fsp3) is 0.417. The lowest BCUT2D eigenvalue weighted by Crippen LogP contribution is -2.23. The Bertz CT molecular complexity index is 372. The quantitative estimate of drug-likeness (QED) is 0.750. The molecule has 3 nitrogen and oxygen atoms in total. The van der Waals surface area contributed by atoms with E-state index in [1.165, 1.54) is 0 Å². The van der Waals surface area contributed by atoms with Crippen LogP contribution in [0.25, 0.3) is 0 Å². The van der Waals surface area contributed by atoms with Crippen molar-refractivity contribution in [2.75, 3.05) is 20.1 Å². The lowest BCUT2D eigenvalue weighted by Gasteiger charge is -2.17. The highest BCUT2D eigenvalue weighted by molar-refractivity contribution is 6.42. The Kier molecular flexibility index (Phi) is 6.34. The van der Waals surface area contributed by atoms with Crippen molar-refractivity contribution in [3.8, 4) is 0 Å². The van der Waals surface area contributed by atoms with E-state index in [0.717, 1.165) is 18.5 Å². The van der Waals surface area contributed by atoms with Gasteiger partial charge < -0.3 is 10.6 Å². The van der Waals surface area contributed by atoms with Crippen molar-refractivity contribution in [3.05, 3.63) is 33.8 Å². The van der Waals surface area contributed by atoms with E-state index >= 15 is 0 Å². The van der Waals surface area contributed by atoms with Crippen LogP contribution in [0.2, 0.25) is 10.0 Å². The maximum absolute atomic E-state index is 10.4. The van der Waals surface area contributed by atoms with Gasteiger partial charge in [0.25, 0.3) is 0 Å². The first-order valence-corrected chi connectivity index (χ1v) is 6.21. The summed E-state index contributed by atoms with van der Waals surface area (Å²) >= 11 is 11.9. The zero-order chi connectivity index (χ0) is 12.7. The molecule has 0 radical (unpaired) electrons. The number of carbonyl (C=O) groups excluding carboxylic acids is 1. The Balaban J connectivity index is 2.78. The second-order valence-electron chi connectivity index (χ2n) is 3.79. The summed E-state index contributed by atoms with van der Waals surface area (Å²) in [5.41, 5.74) is 1.09. The van der Waals surface area contributed by atoms with E-state index in [2.05, 4.69) is 10.6 Å². The zero-order valence-corrected chi connectivity index (χ0v) is 11.2. The number of benzene rings is 1. The topological polar surface area (TPSA) is 41.1 Å². The first kappa shape index (κ1) is 14.3. The highest BCUT2D eigenvalue weighted by atomic mass is 35.5. The molecule has 0 heterocycles. The molecule has 0 aromatic heterocycles. The van der Waals surface area contributed by atoms with Gasteiger partial charge in [-0.15, -0.1) is 0 Å². The second-order valence-corrected chi connectivity index (χ2v) is 4.60. The van der Waals surface area contributed by atoms with Crippen LogP contribution in [0.15, 0.2) is 18.2 Å². The molecule has 2 N–H and O–H groups in total. The third-order valence-electron chi connectivity index (χ3n) is 2.61. The molecule has 0 aliphatic carbocycles. The van der Waals surface area contributed by atoms with Crippen molar-refractivity contribution >= 4 is 29.6 Å². The summed E-state index contributed by atoms with van der Waals surface area (Å²) in [5.74, 6) is 0.238. The summed E-state index contributed by atoms with van der Waals surface area (Å²) in [6.07, 6.45) is 1.64. The fourth-order valence-corrected chi connectivity index (χ4v) is 1.97. The molecule has 1 aromatic rings. The molecule has 5 heteroatoms. The van der Waals surface area contributed by atoms with Crippen molar-refractivity contribution in [1.82, 2.24) is 10.6 Å². The Labute approximate surface area is 111 Å². The van der Waals surface area contributed by atoms with Gasteiger partial charge >= 0.3 is 0 Å². The normalized spacial score (nSPS) is 12.2. The summed E-state index contributed by atoms with van der Waals surface area (Å²) in [7, 11) is 1.90. The molecule has 1 atom stereocenters. The van der Waals surface area contributed by atoms with Crippen LogP contribution in [-0.2, 0) is 4.79 Å². The number of hydrogen-bond acceptors (Lipinski definition) is 2. The van der Waals surface area contributed by atoms with Gasteiger partial charge in [-0.2, -0.15) is 0 Å². The Morgan fingerprint density at radius 2 is 2.12 bits per heavy atom. The third kappa shape index (κ3) is 4.54. The van der Waals surface area contributed by atoms with E-state index in [0.29, 0.717) is 23.0 Å². The fourth-order valence-electron chi connectivity index (χ4n) is 1.66. The summed E-state index contributed by atoms with van der Waals surface area (Å²) < 4.78 is 0. The maximum Gasteiger partial charge on any atom is 0.207 e. The van der Waals surface area contributed by atoms with Gasteiger partial charge in [0.05, 0.1) is 10.0 Å². The highest BCUT2D eigenvalue weighted by Gasteiger charge is 2.12. The van der Waals surface area contributed by atoms with Crippen LogP contribution in [-0.4, -0.2) is 26.5 Å². The van der Waals surface area contributed by atoms with Crippen LogP contribution in [0.5, 0.6) is 0 Å². The highest BCUT2D eigenvalue weighted by Crippen LogP contribution is 2.27. The second kappa shape index (κ2) is 7.54. The molecule has 17 heavy (non-hydrogen) atoms. The summed E-state index contributed by atoms with van der Waals surface area (Å²) in [6.45, 7) is 1.48. The van der Waals surface area contributed by atoms with Crippen LogP contribution >= 0.6 is 23.2 Å². The van der Waals surface area contributed by atoms with Crippen LogP contribution in [0.4, 0.5) is 0 Å². The smallest absolute Gasteiger partial charge is 0.207 e. The molecule has 1 rings (SSSR count). The molecule has 0 bridgehead atoms. The van der Waals surface area contributed by atoms with E-state index in [1.54, 1.807) is 6.07 Å². The molecule has 0 saturated carbocycles. The molecular weight excluding hydrogens is 259 g/mol. The lowest BCUT2D eigenvalue weighted by molar-refractivity contribution is -0.109. The molecule has 0 aliphatic rings. The van der Waals surface area contributed by atoms with Crippen LogP contribution < -0.4 is 10.6 Å². The minimum Gasteiger partial charge on any atom is -0.358 e. The van der Waals surface area contributed by atoms with Gasteiger partial charge in [-0.05, 0) is 37.7 Å². The largest absolute Gasteiger partial charge is 0.358 e. The van der Waals surface area contributed by atoms with Crippen molar-refractivity contribution in [2.45, 2.75) is 12.3 Å². The van der Waals surface area contributed by atoms with Gasteiger partial charge in [0, 0.05) is 12.5 Å². The van der Waals surface area contributed by atoms with Crippen LogP contribution in [0.1, 0.15) is 17.9 Å². The van der Waals surface area contributed by atoms with E-state index in [1.807, 2.05) is 19.2 Å². The predicted molar refractivity (Wildman–Crippen MR) is 71.8 cm³/mol. The molecule has 94 valence electrons. The van der Waals surface area contributed by atoms with Crippen molar-refractivity contribution < 1.29 is 4.79 Å². The van der Waals surface area contributed by atoms with Gasteiger partial charge in [-0.1, -0.05) is 29.3 Å². The van der Waals surface area contributed by atoms with Crippen LogP contribution in [0, 0.1) is 0 Å². The predicted octanol–water partition coefficient (Wildman–Crippen LogP) is 2.43. The third-order valence-corrected chi connectivity index (χ3v) is 3.34. The van der Waals surface area contributed by atoms with Gasteiger partial charge in [-0.3, -0.25) is 4.79 Å². The molecule has 0 spiro atoms. The van der Waals surface area contributed by atoms with E-state index in [4.69, 9.17) is 23.2 Å². The molecule has 1 aromatic carbocycles. The number of rotatable bonds is 7. The molecule has 1 amide bonds. The number of halogens is 2. The first-order chi connectivity index (χ1) is 8.19. The number of carbonyl (C=O) groups is 1. The zero-order valence-electron chi connectivity index (χ0n) is 9.67. The Hall–Kier alpha value is -0.770. The molecule has 0 fully saturated rings. The SMILES string of the molecule is CNCCC(CNC=O)c1ccc(Cl)c(Cl)c1. The van der Waals surface area contributed by atoms with Crippen LogP contribution in [0.3, 0.4) is 0 Å². The van der Waals surface area contributed by atoms with Crippen molar-refractivity contribution in [2.24, 2.45) is 0 Å². The Morgan fingerprint density at radius 1 is 1.35 bits per heavy atom. The number of nitrogens with one attached hydrogen (secondary N) is 2. The summed E-state index contributed by atoms with van der Waals surface area (Å²) in [6, 6.07) is 5.59. The lowest BCUT2D eigenvalue weighted by atomic mass is 9.95. The summed E-state index contributed by atoms with van der Waals surface area (Å²) in [5, 5.41) is 6.89. The van der Waals surface area contributed by atoms with E-state index < -0.39 is 0 Å². The molecule has 1 unspecified atom stereocenters. The maximum atomic E-state index is 10.4. The molecular formula is C12H16Cl2N2O. The van der Waals surface area contributed by atoms with E-state index in [-0.39, 0.29) is 5.92 Å². The molecule has 0 saturated heterocycles. The minimum atomic E-state index is 0.238. The Morgan fingerprint density at radius 3 is 2.71 bits per heavy atom. The van der Waals surface area contributed by atoms with Crippen molar-refractivity contribution in [3.63, 3.8) is 0 Å². The molecule has 0 aliphatic heterocycles.